The Bertz CT molecular complexity index is 1390. The molecule has 2 aromatic heterocycles. The first kappa shape index (κ1) is 26.5. The number of ketones is 1. The van der Waals surface area contributed by atoms with Gasteiger partial charge in [0.2, 0.25) is 5.91 Å². The Kier molecular flexibility index (Phi) is 8.03. The zero-order valence-corrected chi connectivity index (χ0v) is 21.6. The summed E-state index contributed by atoms with van der Waals surface area (Å²) in [5, 5.41) is 6.42. The molecule has 4 rings (SSSR count). The van der Waals surface area contributed by atoms with Crippen LogP contribution in [0.15, 0.2) is 59.9 Å². The number of carbonyl (C=O) groups excluding carboxylic acids is 3. The number of hydrogen-bond acceptors (Lipinski definition) is 6. The number of Topliss-reactive ketones (excluding diaryl/α,β-unsaturated/α-hetero) is 1. The van der Waals surface area contributed by atoms with E-state index in [4.69, 9.17) is 0 Å². The lowest BCUT2D eigenvalue weighted by molar-refractivity contribution is -0.129. The molecule has 11 heteroatoms. The lowest BCUT2D eigenvalue weighted by Gasteiger charge is -2.23. The molecule has 0 saturated carbocycles. The third kappa shape index (κ3) is 6.23. The average molecular weight is 526 g/mol. The first-order valence-corrected chi connectivity index (χ1v) is 13.7. The topological polar surface area (TPSA) is 141 Å². The maximum absolute atomic E-state index is 13.2. The Morgan fingerprint density at radius 2 is 2.00 bits per heavy atom. The molecule has 0 aliphatic carbocycles. The van der Waals surface area contributed by atoms with E-state index >= 15 is 0 Å². The summed E-state index contributed by atoms with van der Waals surface area (Å²) < 4.78 is 27.0. The van der Waals surface area contributed by atoms with Crippen molar-refractivity contribution in [3.8, 4) is 0 Å². The quantitative estimate of drug-likeness (QED) is 0.412. The van der Waals surface area contributed by atoms with Gasteiger partial charge in [-0.05, 0) is 60.9 Å². The summed E-state index contributed by atoms with van der Waals surface area (Å²) in [5.74, 6) is -1.16. The van der Waals surface area contributed by atoms with Crippen LogP contribution in [0.5, 0.6) is 0 Å². The number of pyridine rings is 1. The van der Waals surface area contributed by atoms with Gasteiger partial charge in [-0.3, -0.25) is 14.4 Å². The summed E-state index contributed by atoms with van der Waals surface area (Å²) in [5.41, 5.74) is 1.23. The number of aromatic amines is 1. The number of aromatic nitrogens is 2. The predicted molar refractivity (Wildman–Crippen MR) is 138 cm³/mol. The Balaban J connectivity index is 1.44. The highest BCUT2D eigenvalue weighted by Gasteiger charge is 2.34. The van der Waals surface area contributed by atoms with Crippen molar-refractivity contribution in [1.82, 2.24) is 24.9 Å². The van der Waals surface area contributed by atoms with E-state index in [2.05, 4.69) is 20.6 Å². The van der Waals surface area contributed by atoms with Crippen LogP contribution in [-0.2, 0) is 19.6 Å². The van der Waals surface area contributed by atoms with Crippen LogP contribution >= 0.6 is 0 Å². The summed E-state index contributed by atoms with van der Waals surface area (Å²) in [6.07, 6.45) is 4.23. The van der Waals surface area contributed by atoms with Crippen molar-refractivity contribution in [2.45, 2.75) is 50.2 Å². The fraction of sp³-hybridized carbons (Fsp3) is 0.385. The van der Waals surface area contributed by atoms with Crippen LogP contribution in [0.25, 0.3) is 10.9 Å². The molecule has 0 spiro atoms. The number of rotatable bonds is 8. The van der Waals surface area contributed by atoms with Crippen molar-refractivity contribution >= 4 is 38.5 Å². The molecule has 10 nitrogen and oxygen atoms in total. The number of benzene rings is 1. The molecule has 1 saturated heterocycles. The van der Waals surface area contributed by atoms with Gasteiger partial charge in [-0.2, -0.15) is 4.31 Å². The normalized spacial score (nSPS) is 17.9. The third-order valence-corrected chi connectivity index (χ3v) is 8.09. The zero-order chi connectivity index (χ0) is 26.6. The Morgan fingerprint density at radius 3 is 2.73 bits per heavy atom. The molecule has 2 atom stereocenters. The number of hydrogen-bond donors (Lipinski definition) is 3. The SMILES string of the molecule is CC(C)C[C@@H](NC(=O)c1ccc2cc[nH]c2c1)C(=O)N[C@@H]1CCCN(S(=O)(=O)c2ccccn2)CC1=O. The number of fused-ring (bicyclic) bond motifs is 1. The van der Waals surface area contributed by atoms with Crippen molar-refractivity contribution in [2.75, 3.05) is 13.1 Å². The van der Waals surface area contributed by atoms with Crippen LogP contribution in [0.2, 0.25) is 0 Å². The van der Waals surface area contributed by atoms with E-state index < -0.39 is 39.7 Å². The zero-order valence-electron chi connectivity index (χ0n) is 20.8. The van der Waals surface area contributed by atoms with Gasteiger partial charge in [-0.15, -0.1) is 0 Å². The second-order valence-corrected chi connectivity index (χ2v) is 11.5. The molecule has 1 fully saturated rings. The van der Waals surface area contributed by atoms with Crippen LogP contribution in [-0.4, -0.2) is 65.5 Å². The highest BCUT2D eigenvalue weighted by Crippen LogP contribution is 2.19. The fourth-order valence-corrected chi connectivity index (χ4v) is 5.77. The second kappa shape index (κ2) is 11.2. The largest absolute Gasteiger partial charge is 0.361 e. The van der Waals surface area contributed by atoms with E-state index in [0.29, 0.717) is 24.8 Å². The van der Waals surface area contributed by atoms with Crippen molar-refractivity contribution in [1.29, 1.82) is 0 Å². The van der Waals surface area contributed by atoms with Gasteiger partial charge in [-0.25, -0.2) is 13.4 Å². The molecule has 1 aliphatic heterocycles. The van der Waals surface area contributed by atoms with Gasteiger partial charge in [0.05, 0.1) is 12.6 Å². The van der Waals surface area contributed by atoms with E-state index in [1.165, 1.54) is 12.3 Å². The maximum atomic E-state index is 13.2. The van der Waals surface area contributed by atoms with Crippen LogP contribution in [0.1, 0.15) is 43.5 Å². The van der Waals surface area contributed by atoms with Crippen LogP contribution in [0.4, 0.5) is 0 Å². The number of nitrogens with zero attached hydrogens (tertiary/aromatic N) is 2. The van der Waals surface area contributed by atoms with Gasteiger partial charge in [-0.1, -0.05) is 26.0 Å². The molecule has 3 heterocycles. The standard InChI is InChI=1S/C26H31N5O5S/c1-17(2)14-22(30-25(33)19-9-8-18-10-12-27-21(18)15-19)26(34)29-20-6-5-13-31(16-23(20)32)37(35,36)24-7-3-4-11-28-24/h3-4,7-12,15,17,20,22,27H,5-6,13-14,16H2,1-2H3,(H,29,34)(H,30,33)/t20-,22-/m1/s1. The van der Waals surface area contributed by atoms with Crippen LogP contribution < -0.4 is 10.6 Å². The summed E-state index contributed by atoms with van der Waals surface area (Å²) in [6, 6.07) is 10.0. The van der Waals surface area contributed by atoms with Crippen LogP contribution in [0, 0.1) is 5.92 Å². The highest BCUT2D eigenvalue weighted by molar-refractivity contribution is 7.89. The smallest absolute Gasteiger partial charge is 0.260 e. The minimum absolute atomic E-state index is 0.103. The minimum Gasteiger partial charge on any atom is -0.361 e. The summed E-state index contributed by atoms with van der Waals surface area (Å²) in [7, 11) is -3.93. The molecule has 196 valence electrons. The van der Waals surface area contributed by atoms with Gasteiger partial charge >= 0.3 is 0 Å². The summed E-state index contributed by atoms with van der Waals surface area (Å²) in [6.45, 7) is 3.66. The Morgan fingerprint density at radius 1 is 1.19 bits per heavy atom. The minimum atomic E-state index is -3.93. The molecule has 0 unspecified atom stereocenters. The van der Waals surface area contributed by atoms with Gasteiger partial charge in [0.15, 0.2) is 10.8 Å². The third-order valence-electron chi connectivity index (χ3n) is 6.33. The molecule has 1 aromatic carbocycles. The molecule has 2 amide bonds. The van der Waals surface area contributed by atoms with Gasteiger partial charge in [0.25, 0.3) is 15.9 Å². The Labute approximate surface area is 215 Å². The van der Waals surface area contributed by atoms with Gasteiger partial charge in [0.1, 0.15) is 6.04 Å². The summed E-state index contributed by atoms with van der Waals surface area (Å²) >= 11 is 0. The van der Waals surface area contributed by atoms with Crippen molar-refractivity contribution in [3.63, 3.8) is 0 Å². The van der Waals surface area contributed by atoms with Crippen molar-refractivity contribution in [2.24, 2.45) is 5.92 Å². The van der Waals surface area contributed by atoms with E-state index in [-0.39, 0.29) is 24.0 Å². The number of sulfonamides is 1. The lowest BCUT2D eigenvalue weighted by Crippen LogP contribution is -2.52. The van der Waals surface area contributed by atoms with Crippen LogP contribution in [0.3, 0.4) is 0 Å². The summed E-state index contributed by atoms with van der Waals surface area (Å²) in [4.78, 5) is 46.1. The monoisotopic (exact) mass is 525 g/mol. The second-order valence-electron chi connectivity index (χ2n) is 9.61. The van der Waals surface area contributed by atoms with E-state index in [1.807, 2.05) is 26.0 Å². The number of amides is 2. The van der Waals surface area contributed by atoms with E-state index in [1.54, 1.807) is 30.5 Å². The van der Waals surface area contributed by atoms with E-state index in [9.17, 15) is 22.8 Å². The molecule has 0 bridgehead atoms. The maximum Gasteiger partial charge on any atom is 0.260 e. The molecular weight excluding hydrogens is 494 g/mol. The van der Waals surface area contributed by atoms with E-state index in [0.717, 1.165) is 15.2 Å². The van der Waals surface area contributed by atoms with Crippen molar-refractivity contribution in [3.05, 3.63) is 60.4 Å². The number of H-pyrrole nitrogens is 1. The first-order valence-electron chi connectivity index (χ1n) is 12.3. The molecule has 1 aliphatic rings. The van der Waals surface area contributed by atoms with Crippen molar-refractivity contribution < 1.29 is 22.8 Å². The molecule has 3 aromatic rings. The lowest BCUT2D eigenvalue weighted by atomic mass is 10.0. The molecule has 37 heavy (non-hydrogen) atoms. The molecule has 3 N–H and O–H groups in total. The Hall–Kier alpha value is -3.57. The first-order chi connectivity index (χ1) is 17.6. The highest BCUT2D eigenvalue weighted by atomic mass is 32.2. The number of nitrogens with one attached hydrogen (secondary N) is 3. The predicted octanol–water partition coefficient (Wildman–Crippen LogP) is 2.25. The molecular formula is C26H31N5O5S. The molecule has 0 radical (unpaired) electrons. The average Bonchev–Trinajstić information content (AvgIpc) is 3.27. The number of carbonyl (C=O) groups is 3. The fourth-order valence-electron chi connectivity index (χ4n) is 4.39. The van der Waals surface area contributed by atoms with Gasteiger partial charge < -0.3 is 15.6 Å². The van der Waals surface area contributed by atoms with Gasteiger partial charge in [0, 0.05) is 30.0 Å².